The highest BCUT2D eigenvalue weighted by Gasteiger charge is 2.16. The first-order chi connectivity index (χ1) is 7.29. The molecular formula is C10H12BrN3O. The van der Waals surface area contributed by atoms with Crippen molar-refractivity contribution in [2.24, 2.45) is 5.29 Å². The van der Waals surface area contributed by atoms with E-state index in [2.05, 4.69) is 38.2 Å². The van der Waals surface area contributed by atoms with Crippen molar-refractivity contribution in [3.8, 4) is 0 Å². The Labute approximate surface area is 96.9 Å². The molecule has 1 aromatic carbocycles. The first-order valence-corrected chi connectivity index (χ1v) is 5.67. The normalized spacial score (nSPS) is 16.6. The molecule has 0 radical (unpaired) electrons. The fourth-order valence-corrected chi connectivity index (χ4v) is 1.95. The van der Waals surface area contributed by atoms with Crippen LogP contribution < -0.4 is 4.90 Å². The Bertz CT molecular complexity index is 333. The summed E-state index contributed by atoms with van der Waals surface area (Å²) in [5, 5.41) is 4.50. The molecule has 0 N–H and O–H groups in total. The van der Waals surface area contributed by atoms with Crippen LogP contribution in [0.3, 0.4) is 0 Å². The fraction of sp³-hybridized carbons (Fsp3) is 0.400. The fourth-order valence-electron chi connectivity index (χ4n) is 1.69. The summed E-state index contributed by atoms with van der Waals surface area (Å²) < 4.78 is 1.08. The van der Waals surface area contributed by atoms with E-state index in [1.165, 1.54) is 5.69 Å². The monoisotopic (exact) mass is 269 g/mol. The topological polar surface area (TPSA) is 35.9 Å². The van der Waals surface area contributed by atoms with Crippen LogP contribution in [-0.2, 0) is 0 Å². The van der Waals surface area contributed by atoms with Gasteiger partial charge in [0.15, 0.2) is 0 Å². The molecule has 0 atom stereocenters. The van der Waals surface area contributed by atoms with Crippen LogP contribution in [0.25, 0.3) is 0 Å². The number of rotatable bonds is 2. The lowest BCUT2D eigenvalue weighted by Gasteiger charge is -2.32. The predicted octanol–water partition coefficient (Wildman–Crippen LogP) is 2.25. The quantitative estimate of drug-likeness (QED) is 0.773. The summed E-state index contributed by atoms with van der Waals surface area (Å²) in [5.74, 6) is 0. The molecule has 0 bridgehead atoms. The molecule has 80 valence electrons. The molecule has 2 rings (SSSR count). The van der Waals surface area contributed by atoms with Gasteiger partial charge < -0.3 is 4.90 Å². The summed E-state index contributed by atoms with van der Waals surface area (Å²) in [6.07, 6.45) is 0. The molecule has 1 aliphatic rings. The van der Waals surface area contributed by atoms with Gasteiger partial charge in [-0.3, -0.25) is 5.01 Å². The Morgan fingerprint density at radius 3 is 2.20 bits per heavy atom. The van der Waals surface area contributed by atoms with Gasteiger partial charge in [-0.05, 0) is 24.3 Å². The van der Waals surface area contributed by atoms with E-state index in [0.717, 1.165) is 17.6 Å². The van der Waals surface area contributed by atoms with Crippen molar-refractivity contribution in [3.63, 3.8) is 0 Å². The van der Waals surface area contributed by atoms with Gasteiger partial charge in [-0.2, -0.15) is 0 Å². The summed E-state index contributed by atoms with van der Waals surface area (Å²) in [4.78, 5) is 12.6. The Morgan fingerprint density at radius 2 is 1.67 bits per heavy atom. The van der Waals surface area contributed by atoms with Crippen LogP contribution in [0.5, 0.6) is 0 Å². The molecule has 0 saturated carbocycles. The molecule has 0 aliphatic carbocycles. The molecule has 1 aliphatic heterocycles. The number of piperazine rings is 1. The first kappa shape index (κ1) is 10.4. The van der Waals surface area contributed by atoms with Crippen molar-refractivity contribution < 1.29 is 0 Å². The average Bonchev–Trinajstić information content (AvgIpc) is 2.30. The molecule has 1 heterocycles. The van der Waals surface area contributed by atoms with Crippen LogP contribution in [0.4, 0.5) is 5.69 Å². The minimum absolute atomic E-state index is 0.708. The van der Waals surface area contributed by atoms with Crippen molar-refractivity contribution in [2.75, 3.05) is 31.1 Å². The third-order valence-electron chi connectivity index (χ3n) is 2.56. The van der Waals surface area contributed by atoms with Crippen molar-refractivity contribution in [1.82, 2.24) is 5.01 Å². The van der Waals surface area contributed by atoms with Crippen molar-refractivity contribution in [1.29, 1.82) is 0 Å². The van der Waals surface area contributed by atoms with Gasteiger partial charge in [0.2, 0.25) is 0 Å². The summed E-state index contributed by atoms with van der Waals surface area (Å²) in [7, 11) is 0. The second kappa shape index (κ2) is 4.61. The standard InChI is InChI=1S/C10H12BrN3O/c11-9-1-3-10(4-2-9)13-5-7-14(12-15)8-6-13/h1-4H,5-8H2. The van der Waals surface area contributed by atoms with E-state index in [1.54, 1.807) is 5.01 Å². The molecule has 5 heteroatoms. The maximum atomic E-state index is 10.3. The molecule has 15 heavy (non-hydrogen) atoms. The Balaban J connectivity index is 2.01. The molecule has 0 unspecified atom stereocenters. The van der Waals surface area contributed by atoms with Gasteiger partial charge in [-0.25, -0.2) is 0 Å². The smallest absolute Gasteiger partial charge is 0.0568 e. The Hall–Kier alpha value is -1.10. The van der Waals surface area contributed by atoms with Gasteiger partial charge >= 0.3 is 0 Å². The van der Waals surface area contributed by atoms with Gasteiger partial charge in [0.05, 0.1) is 18.4 Å². The van der Waals surface area contributed by atoms with E-state index in [1.807, 2.05) is 12.1 Å². The highest BCUT2D eigenvalue weighted by molar-refractivity contribution is 9.10. The van der Waals surface area contributed by atoms with Crippen LogP contribution in [0, 0.1) is 4.91 Å². The largest absolute Gasteiger partial charge is 0.368 e. The van der Waals surface area contributed by atoms with Crippen LogP contribution in [0.2, 0.25) is 0 Å². The number of hydrogen-bond acceptors (Lipinski definition) is 3. The second-order valence-electron chi connectivity index (χ2n) is 3.50. The van der Waals surface area contributed by atoms with E-state index in [9.17, 15) is 4.91 Å². The number of halogens is 1. The van der Waals surface area contributed by atoms with Crippen LogP contribution in [-0.4, -0.2) is 31.2 Å². The molecule has 0 spiro atoms. The van der Waals surface area contributed by atoms with Crippen molar-refractivity contribution in [2.45, 2.75) is 0 Å². The van der Waals surface area contributed by atoms with Crippen LogP contribution >= 0.6 is 15.9 Å². The number of nitrogens with zero attached hydrogens (tertiary/aromatic N) is 3. The zero-order chi connectivity index (χ0) is 10.7. The third-order valence-corrected chi connectivity index (χ3v) is 3.09. The summed E-state index contributed by atoms with van der Waals surface area (Å²) in [6, 6.07) is 8.21. The van der Waals surface area contributed by atoms with Gasteiger partial charge in [0, 0.05) is 23.2 Å². The number of anilines is 1. The lowest BCUT2D eigenvalue weighted by atomic mass is 10.2. The molecular weight excluding hydrogens is 258 g/mol. The zero-order valence-electron chi connectivity index (χ0n) is 8.27. The molecule has 0 aromatic heterocycles. The first-order valence-electron chi connectivity index (χ1n) is 4.88. The summed E-state index contributed by atoms with van der Waals surface area (Å²) >= 11 is 3.41. The van der Waals surface area contributed by atoms with E-state index in [4.69, 9.17) is 0 Å². The minimum atomic E-state index is 0.708. The van der Waals surface area contributed by atoms with Gasteiger partial charge in [0.25, 0.3) is 0 Å². The number of benzene rings is 1. The Kier molecular flexibility index (Phi) is 3.20. The SMILES string of the molecule is O=NN1CCN(c2ccc(Br)cc2)CC1. The van der Waals surface area contributed by atoms with Crippen LogP contribution in [0.1, 0.15) is 0 Å². The van der Waals surface area contributed by atoms with Crippen LogP contribution in [0.15, 0.2) is 34.0 Å². The maximum absolute atomic E-state index is 10.3. The number of nitroso groups, excluding NO2 is 1. The molecule has 1 aromatic rings. The van der Waals surface area contributed by atoms with Gasteiger partial charge in [-0.1, -0.05) is 15.9 Å². The van der Waals surface area contributed by atoms with E-state index in [-0.39, 0.29) is 0 Å². The maximum Gasteiger partial charge on any atom is 0.0568 e. The number of hydrogen-bond donors (Lipinski definition) is 0. The zero-order valence-corrected chi connectivity index (χ0v) is 9.85. The minimum Gasteiger partial charge on any atom is -0.368 e. The Morgan fingerprint density at radius 1 is 1.07 bits per heavy atom. The van der Waals surface area contributed by atoms with Gasteiger partial charge in [0.1, 0.15) is 0 Å². The highest BCUT2D eigenvalue weighted by Crippen LogP contribution is 2.19. The molecule has 0 amide bonds. The third kappa shape index (κ3) is 2.47. The van der Waals surface area contributed by atoms with Crippen molar-refractivity contribution >= 4 is 21.6 Å². The second-order valence-corrected chi connectivity index (χ2v) is 4.41. The van der Waals surface area contributed by atoms with E-state index < -0.39 is 0 Å². The molecule has 1 saturated heterocycles. The summed E-state index contributed by atoms with van der Waals surface area (Å²) in [6.45, 7) is 3.12. The predicted molar refractivity (Wildman–Crippen MR) is 63.7 cm³/mol. The van der Waals surface area contributed by atoms with Gasteiger partial charge in [-0.15, -0.1) is 4.91 Å². The average molecular weight is 270 g/mol. The molecule has 1 fully saturated rings. The van der Waals surface area contributed by atoms with Crippen molar-refractivity contribution in [3.05, 3.63) is 33.6 Å². The molecule has 4 nitrogen and oxygen atoms in total. The lowest BCUT2D eigenvalue weighted by molar-refractivity contribution is 0.267. The highest BCUT2D eigenvalue weighted by atomic mass is 79.9. The summed E-state index contributed by atoms with van der Waals surface area (Å²) in [5.41, 5.74) is 1.20. The lowest BCUT2D eigenvalue weighted by Crippen LogP contribution is -2.43. The van der Waals surface area contributed by atoms with E-state index in [0.29, 0.717) is 13.1 Å². The van der Waals surface area contributed by atoms with E-state index >= 15 is 0 Å².